The molecule has 0 bridgehead atoms. The normalized spacial score (nSPS) is 13.3. The van der Waals surface area contributed by atoms with E-state index in [2.05, 4.69) is 15.6 Å². The summed E-state index contributed by atoms with van der Waals surface area (Å²) in [7, 11) is 0. The molecule has 0 atom stereocenters. The molecular formula is C25H21ClN4O5S. The summed E-state index contributed by atoms with van der Waals surface area (Å²) in [5.74, 6) is -2.26. The number of carbonyl (C=O) groups is 4. The number of aromatic nitrogens is 1. The zero-order valence-electron chi connectivity index (χ0n) is 19.5. The maximum atomic E-state index is 13.1. The highest BCUT2D eigenvalue weighted by Gasteiger charge is 2.39. The summed E-state index contributed by atoms with van der Waals surface area (Å²) < 4.78 is 4.94. The number of anilines is 3. The van der Waals surface area contributed by atoms with Crippen LogP contribution in [0.15, 0.2) is 59.3 Å². The summed E-state index contributed by atoms with van der Waals surface area (Å²) in [6, 6.07) is 12.3. The third-order valence-electron chi connectivity index (χ3n) is 5.31. The first-order valence-corrected chi connectivity index (χ1v) is 12.1. The van der Waals surface area contributed by atoms with Gasteiger partial charge in [0.2, 0.25) is 0 Å². The maximum absolute atomic E-state index is 13.1. The number of benzene rings is 2. The SMILES string of the molecule is CCOC(=O)c1ccc(N2C(=O)C(Cl)=C(Nc3cccc(C(=O)Nc4nc(C)c(C)s4)c3)C2=O)cc1. The number of imide groups is 1. The number of hydrogen-bond acceptors (Lipinski definition) is 8. The van der Waals surface area contributed by atoms with E-state index in [4.69, 9.17) is 16.3 Å². The Labute approximate surface area is 215 Å². The van der Waals surface area contributed by atoms with Crippen LogP contribution in [0.1, 0.15) is 38.2 Å². The highest BCUT2D eigenvalue weighted by Crippen LogP contribution is 2.30. The van der Waals surface area contributed by atoms with Crippen LogP contribution in [0.4, 0.5) is 16.5 Å². The lowest BCUT2D eigenvalue weighted by Gasteiger charge is -2.15. The fraction of sp³-hybridized carbons (Fsp3) is 0.160. The standard InChI is InChI=1S/C25H21ClN4O5S/c1-4-35-24(34)15-8-10-18(11-9-15)30-22(32)19(26)20(23(30)33)28-17-7-5-6-16(12-17)21(31)29-25-27-13(2)14(3)36-25/h5-12,28H,4H2,1-3H3,(H,27,29,31). The molecule has 4 rings (SSSR count). The minimum Gasteiger partial charge on any atom is -0.462 e. The van der Waals surface area contributed by atoms with Crippen molar-refractivity contribution < 1.29 is 23.9 Å². The molecule has 0 spiro atoms. The second kappa shape index (κ2) is 10.3. The Morgan fingerprint density at radius 3 is 2.42 bits per heavy atom. The zero-order valence-corrected chi connectivity index (χ0v) is 21.1. The molecule has 9 nitrogen and oxygen atoms in total. The van der Waals surface area contributed by atoms with Gasteiger partial charge in [-0.05, 0) is 63.2 Å². The van der Waals surface area contributed by atoms with Crippen molar-refractivity contribution in [2.24, 2.45) is 0 Å². The van der Waals surface area contributed by atoms with Gasteiger partial charge in [0.25, 0.3) is 17.7 Å². The number of halogens is 1. The topological polar surface area (TPSA) is 118 Å². The number of amides is 3. The van der Waals surface area contributed by atoms with E-state index in [-0.39, 0.29) is 34.5 Å². The number of aryl methyl sites for hydroxylation is 2. The van der Waals surface area contributed by atoms with Gasteiger partial charge < -0.3 is 10.1 Å². The van der Waals surface area contributed by atoms with Crippen molar-refractivity contribution in [3.8, 4) is 0 Å². The molecule has 1 aliphatic rings. The van der Waals surface area contributed by atoms with Crippen molar-refractivity contribution >= 4 is 63.1 Å². The van der Waals surface area contributed by atoms with Crippen LogP contribution in [0.3, 0.4) is 0 Å². The number of carbonyl (C=O) groups excluding carboxylic acids is 4. The Morgan fingerprint density at radius 1 is 1.06 bits per heavy atom. The van der Waals surface area contributed by atoms with Gasteiger partial charge >= 0.3 is 5.97 Å². The van der Waals surface area contributed by atoms with Gasteiger partial charge in [-0.3, -0.25) is 19.7 Å². The van der Waals surface area contributed by atoms with Crippen molar-refractivity contribution in [1.82, 2.24) is 4.98 Å². The summed E-state index contributed by atoms with van der Waals surface area (Å²) in [5, 5.41) is 5.81. The predicted molar refractivity (Wildman–Crippen MR) is 137 cm³/mol. The largest absolute Gasteiger partial charge is 0.462 e. The molecule has 1 aliphatic heterocycles. The van der Waals surface area contributed by atoms with Crippen molar-refractivity contribution in [3.05, 3.63) is 81.0 Å². The molecule has 3 aromatic rings. The van der Waals surface area contributed by atoms with E-state index in [0.29, 0.717) is 16.4 Å². The van der Waals surface area contributed by atoms with Gasteiger partial charge in [-0.1, -0.05) is 17.7 Å². The monoisotopic (exact) mass is 524 g/mol. The van der Waals surface area contributed by atoms with Crippen molar-refractivity contribution in [3.63, 3.8) is 0 Å². The van der Waals surface area contributed by atoms with Gasteiger partial charge in [0, 0.05) is 16.1 Å². The Kier molecular flexibility index (Phi) is 7.18. The Morgan fingerprint density at radius 2 is 1.78 bits per heavy atom. The lowest BCUT2D eigenvalue weighted by atomic mass is 10.2. The molecule has 0 fully saturated rings. The Balaban J connectivity index is 1.50. The van der Waals surface area contributed by atoms with Gasteiger partial charge in [0.1, 0.15) is 10.7 Å². The number of nitrogens with zero attached hydrogens (tertiary/aromatic N) is 2. The summed E-state index contributed by atoms with van der Waals surface area (Å²) in [6.07, 6.45) is 0. The molecule has 0 unspecified atom stereocenters. The minimum absolute atomic E-state index is 0.125. The molecule has 0 saturated carbocycles. The number of thiazole rings is 1. The molecule has 184 valence electrons. The van der Waals surface area contributed by atoms with Crippen LogP contribution in [0.2, 0.25) is 0 Å². The van der Waals surface area contributed by atoms with Gasteiger partial charge in [-0.15, -0.1) is 11.3 Å². The molecule has 0 saturated heterocycles. The van der Waals surface area contributed by atoms with Crippen LogP contribution in [-0.4, -0.2) is 35.3 Å². The first-order chi connectivity index (χ1) is 17.2. The molecule has 0 aliphatic carbocycles. The molecule has 11 heteroatoms. The highest BCUT2D eigenvalue weighted by atomic mass is 35.5. The lowest BCUT2D eigenvalue weighted by Crippen LogP contribution is -2.32. The quantitative estimate of drug-likeness (QED) is 0.342. The average Bonchev–Trinajstić information content (AvgIpc) is 3.28. The van der Waals surface area contributed by atoms with Gasteiger partial charge in [0.05, 0.1) is 23.6 Å². The summed E-state index contributed by atoms with van der Waals surface area (Å²) in [4.78, 5) is 56.6. The van der Waals surface area contributed by atoms with E-state index < -0.39 is 17.8 Å². The third-order valence-corrected chi connectivity index (χ3v) is 6.65. The van der Waals surface area contributed by atoms with Crippen LogP contribution in [0.5, 0.6) is 0 Å². The number of rotatable bonds is 7. The van der Waals surface area contributed by atoms with Crippen molar-refractivity contribution in [2.75, 3.05) is 22.1 Å². The molecule has 36 heavy (non-hydrogen) atoms. The Hall–Kier alpha value is -4.02. The average molecular weight is 525 g/mol. The van der Waals surface area contributed by atoms with Crippen molar-refractivity contribution in [2.45, 2.75) is 20.8 Å². The molecule has 1 aromatic heterocycles. The van der Waals surface area contributed by atoms with Gasteiger partial charge in [-0.25, -0.2) is 14.7 Å². The summed E-state index contributed by atoms with van der Waals surface area (Å²) in [6.45, 7) is 5.70. The van der Waals surface area contributed by atoms with E-state index >= 15 is 0 Å². The molecule has 2 aromatic carbocycles. The van der Waals surface area contributed by atoms with E-state index in [1.165, 1.54) is 41.7 Å². The maximum Gasteiger partial charge on any atom is 0.338 e. The fourth-order valence-corrected chi connectivity index (χ4v) is 4.41. The van der Waals surface area contributed by atoms with Crippen LogP contribution in [-0.2, 0) is 14.3 Å². The zero-order chi connectivity index (χ0) is 26.0. The third kappa shape index (κ3) is 5.00. The second-order valence-corrected chi connectivity index (χ2v) is 9.30. The van der Waals surface area contributed by atoms with E-state index in [9.17, 15) is 19.2 Å². The molecule has 2 heterocycles. The van der Waals surface area contributed by atoms with Crippen molar-refractivity contribution in [1.29, 1.82) is 0 Å². The number of hydrogen-bond donors (Lipinski definition) is 2. The van der Waals surface area contributed by atoms with Crippen LogP contribution in [0.25, 0.3) is 0 Å². The van der Waals surface area contributed by atoms with Gasteiger partial charge in [-0.2, -0.15) is 0 Å². The molecule has 2 N–H and O–H groups in total. The lowest BCUT2D eigenvalue weighted by molar-refractivity contribution is -0.120. The second-order valence-electron chi connectivity index (χ2n) is 7.72. The molecular weight excluding hydrogens is 504 g/mol. The predicted octanol–water partition coefficient (Wildman–Crippen LogP) is 4.62. The van der Waals surface area contributed by atoms with E-state index in [1.54, 1.807) is 25.1 Å². The van der Waals surface area contributed by atoms with Crippen LogP contribution < -0.4 is 15.5 Å². The first-order valence-electron chi connectivity index (χ1n) is 10.9. The summed E-state index contributed by atoms with van der Waals surface area (Å²) in [5.41, 5.74) is 1.97. The van der Waals surface area contributed by atoms with E-state index in [0.717, 1.165) is 15.5 Å². The van der Waals surface area contributed by atoms with E-state index in [1.807, 2.05) is 13.8 Å². The van der Waals surface area contributed by atoms with Crippen LogP contribution >= 0.6 is 22.9 Å². The molecule has 3 amide bonds. The van der Waals surface area contributed by atoms with Gasteiger partial charge in [0.15, 0.2) is 5.13 Å². The smallest absolute Gasteiger partial charge is 0.338 e. The number of nitrogens with one attached hydrogen (secondary N) is 2. The first kappa shape index (κ1) is 25.1. The summed E-state index contributed by atoms with van der Waals surface area (Å²) >= 11 is 7.59. The minimum atomic E-state index is -0.712. The Bertz CT molecular complexity index is 1390. The number of esters is 1. The molecule has 0 radical (unpaired) electrons. The number of ether oxygens (including phenoxy) is 1. The highest BCUT2D eigenvalue weighted by molar-refractivity contribution is 7.15. The van der Waals surface area contributed by atoms with Crippen LogP contribution in [0, 0.1) is 13.8 Å². The fourth-order valence-electron chi connectivity index (χ4n) is 3.38.